The van der Waals surface area contributed by atoms with Crippen LogP contribution in [0.1, 0.15) is 29.5 Å². The third-order valence-electron chi connectivity index (χ3n) is 6.30. The molecule has 1 fully saturated rings. The van der Waals surface area contributed by atoms with Crippen molar-refractivity contribution >= 4 is 6.09 Å². The van der Waals surface area contributed by atoms with Crippen molar-refractivity contribution in [2.24, 2.45) is 0 Å². The highest BCUT2D eigenvalue weighted by Gasteiger charge is 2.38. The molecule has 1 amide bonds. The van der Waals surface area contributed by atoms with Crippen molar-refractivity contribution < 1.29 is 28.8 Å². The van der Waals surface area contributed by atoms with Gasteiger partial charge in [-0.15, -0.1) is 0 Å². The number of aliphatic hydroxyl groups is 1. The fourth-order valence-corrected chi connectivity index (χ4v) is 4.31. The molecular weight excluding hydrogens is 470 g/mol. The molecule has 0 radical (unpaired) electrons. The number of carbonyl (C=O) groups is 1. The monoisotopic (exact) mass is 505 g/mol. The Morgan fingerprint density at radius 2 is 1.19 bits per heavy atom. The predicted molar refractivity (Wildman–Crippen MR) is 140 cm³/mol. The van der Waals surface area contributed by atoms with E-state index >= 15 is 0 Å². The number of carbonyl (C=O) groups excluding carboxylic acids is 1. The smallest absolute Gasteiger partial charge is 0.407 e. The molecule has 1 aliphatic carbocycles. The molecule has 0 aromatic heterocycles. The summed E-state index contributed by atoms with van der Waals surface area (Å²) in [7, 11) is 0. The minimum absolute atomic E-state index is 0.127. The lowest BCUT2D eigenvalue weighted by molar-refractivity contribution is -0.171. The Morgan fingerprint density at radius 1 is 0.703 bits per heavy atom. The summed E-state index contributed by atoms with van der Waals surface area (Å²) in [5, 5.41) is 13.7. The van der Waals surface area contributed by atoms with Gasteiger partial charge >= 0.3 is 6.09 Å². The van der Waals surface area contributed by atoms with Crippen molar-refractivity contribution in [2.75, 3.05) is 13.2 Å². The standard InChI is InChI=1S/C30H35NO6/c32-29-27(34-17-16-31-30(33)37-22-25-14-8-3-9-15-25)18-26(35-20-23-10-4-1-5-11-23)19-28(29)36-21-24-12-6-2-7-13-24/h1-15,26-29,32H,16-22H2,(H,31,33)/t26-,27+,28+,29-/m0/s1. The number of ether oxygens (including phenoxy) is 4. The second-order valence-corrected chi connectivity index (χ2v) is 9.11. The Balaban J connectivity index is 1.26. The molecule has 1 saturated carbocycles. The maximum Gasteiger partial charge on any atom is 0.407 e. The lowest BCUT2D eigenvalue weighted by atomic mass is 9.89. The number of hydrogen-bond acceptors (Lipinski definition) is 6. The third kappa shape index (κ3) is 8.98. The van der Waals surface area contributed by atoms with Crippen LogP contribution in [0.4, 0.5) is 4.79 Å². The minimum Gasteiger partial charge on any atom is -0.445 e. The largest absolute Gasteiger partial charge is 0.445 e. The number of hydrogen-bond donors (Lipinski definition) is 2. The summed E-state index contributed by atoms with van der Waals surface area (Å²) in [5.74, 6) is 0. The van der Waals surface area contributed by atoms with Crippen LogP contribution in [0.5, 0.6) is 0 Å². The van der Waals surface area contributed by atoms with Crippen molar-refractivity contribution in [3.63, 3.8) is 0 Å². The van der Waals surface area contributed by atoms with Gasteiger partial charge in [0.2, 0.25) is 0 Å². The van der Waals surface area contributed by atoms with Gasteiger partial charge in [-0.1, -0.05) is 91.0 Å². The van der Waals surface area contributed by atoms with Gasteiger partial charge in [0.15, 0.2) is 0 Å². The third-order valence-corrected chi connectivity index (χ3v) is 6.30. The average Bonchev–Trinajstić information content (AvgIpc) is 2.95. The molecule has 196 valence electrons. The molecule has 1 aliphatic rings. The van der Waals surface area contributed by atoms with Crippen LogP contribution in [0, 0.1) is 0 Å². The van der Waals surface area contributed by atoms with Gasteiger partial charge in [0, 0.05) is 19.4 Å². The molecular formula is C30H35NO6. The van der Waals surface area contributed by atoms with E-state index in [1.165, 1.54) is 0 Å². The van der Waals surface area contributed by atoms with E-state index in [2.05, 4.69) is 5.32 Å². The van der Waals surface area contributed by atoms with Crippen LogP contribution in [0.2, 0.25) is 0 Å². The number of benzene rings is 3. The van der Waals surface area contributed by atoms with E-state index in [1.54, 1.807) is 0 Å². The van der Waals surface area contributed by atoms with Gasteiger partial charge in [-0.05, 0) is 16.7 Å². The van der Waals surface area contributed by atoms with Gasteiger partial charge in [0.05, 0.1) is 38.1 Å². The first-order valence-corrected chi connectivity index (χ1v) is 12.7. The van der Waals surface area contributed by atoms with E-state index in [1.807, 2.05) is 91.0 Å². The van der Waals surface area contributed by atoms with Crippen molar-refractivity contribution in [2.45, 2.75) is 57.1 Å². The predicted octanol–water partition coefficient (Wildman–Crippen LogP) is 4.62. The molecule has 0 heterocycles. The average molecular weight is 506 g/mol. The lowest BCUT2D eigenvalue weighted by Gasteiger charge is -2.38. The van der Waals surface area contributed by atoms with Crippen LogP contribution >= 0.6 is 0 Å². The number of amides is 1. The Kier molecular flexibility index (Phi) is 10.5. The second-order valence-electron chi connectivity index (χ2n) is 9.11. The normalized spacial score (nSPS) is 21.3. The van der Waals surface area contributed by atoms with Gasteiger partial charge < -0.3 is 29.4 Å². The van der Waals surface area contributed by atoms with Crippen LogP contribution in [-0.4, -0.2) is 48.8 Å². The summed E-state index contributed by atoms with van der Waals surface area (Å²) in [6.45, 7) is 1.58. The minimum atomic E-state index is -0.801. The van der Waals surface area contributed by atoms with Crippen LogP contribution in [0.15, 0.2) is 91.0 Å². The maximum atomic E-state index is 12.0. The first-order chi connectivity index (χ1) is 18.2. The molecule has 7 nitrogen and oxygen atoms in total. The van der Waals surface area contributed by atoms with Crippen molar-refractivity contribution in [3.8, 4) is 0 Å². The summed E-state index contributed by atoms with van der Waals surface area (Å²) in [6.07, 6.45) is -1.23. The van der Waals surface area contributed by atoms with Gasteiger partial charge in [-0.2, -0.15) is 0 Å². The summed E-state index contributed by atoms with van der Waals surface area (Å²) in [5.41, 5.74) is 3.05. The molecule has 3 aromatic carbocycles. The quantitative estimate of drug-likeness (QED) is 0.349. The number of rotatable bonds is 12. The molecule has 0 aliphatic heterocycles. The van der Waals surface area contributed by atoms with E-state index in [0.29, 0.717) is 26.1 Å². The van der Waals surface area contributed by atoms with Gasteiger partial charge in [-0.3, -0.25) is 0 Å². The molecule has 4 rings (SSSR count). The van der Waals surface area contributed by atoms with Gasteiger partial charge in [0.1, 0.15) is 12.7 Å². The number of aliphatic hydroxyl groups excluding tert-OH is 1. The van der Waals surface area contributed by atoms with Gasteiger partial charge in [0.25, 0.3) is 0 Å². The summed E-state index contributed by atoms with van der Waals surface area (Å²) >= 11 is 0. The molecule has 0 spiro atoms. The molecule has 0 bridgehead atoms. The van der Waals surface area contributed by atoms with Crippen molar-refractivity contribution in [3.05, 3.63) is 108 Å². The van der Waals surface area contributed by atoms with E-state index in [0.717, 1.165) is 16.7 Å². The highest BCUT2D eigenvalue weighted by molar-refractivity contribution is 5.67. The highest BCUT2D eigenvalue weighted by Crippen LogP contribution is 2.28. The Labute approximate surface area is 218 Å². The van der Waals surface area contributed by atoms with E-state index in [4.69, 9.17) is 18.9 Å². The van der Waals surface area contributed by atoms with E-state index < -0.39 is 24.4 Å². The van der Waals surface area contributed by atoms with Crippen molar-refractivity contribution in [1.82, 2.24) is 5.32 Å². The number of alkyl carbamates (subject to hydrolysis) is 1. The Bertz CT molecular complexity index is 1050. The lowest BCUT2D eigenvalue weighted by Crippen LogP contribution is -2.49. The molecule has 0 saturated heterocycles. The number of nitrogens with one attached hydrogen (secondary N) is 1. The fraction of sp³-hybridized carbons (Fsp3) is 0.367. The molecule has 37 heavy (non-hydrogen) atoms. The molecule has 7 heteroatoms. The second kappa shape index (κ2) is 14.5. The Hall–Kier alpha value is -3.23. The summed E-state index contributed by atoms with van der Waals surface area (Å²) < 4.78 is 23.5. The van der Waals surface area contributed by atoms with E-state index in [-0.39, 0.29) is 25.9 Å². The zero-order valence-corrected chi connectivity index (χ0v) is 20.9. The molecule has 4 atom stereocenters. The van der Waals surface area contributed by atoms with Crippen LogP contribution in [0.3, 0.4) is 0 Å². The zero-order valence-electron chi connectivity index (χ0n) is 20.9. The zero-order chi connectivity index (χ0) is 25.7. The topological polar surface area (TPSA) is 86.3 Å². The molecule has 2 N–H and O–H groups in total. The fourth-order valence-electron chi connectivity index (χ4n) is 4.31. The van der Waals surface area contributed by atoms with Crippen LogP contribution in [0.25, 0.3) is 0 Å². The van der Waals surface area contributed by atoms with Crippen molar-refractivity contribution in [1.29, 1.82) is 0 Å². The summed E-state index contributed by atoms with van der Waals surface area (Å²) in [6, 6.07) is 29.4. The molecule has 0 unspecified atom stereocenters. The summed E-state index contributed by atoms with van der Waals surface area (Å²) in [4.78, 5) is 12.0. The van der Waals surface area contributed by atoms with Crippen LogP contribution < -0.4 is 5.32 Å². The van der Waals surface area contributed by atoms with Crippen LogP contribution in [-0.2, 0) is 38.8 Å². The first-order valence-electron chi connectivity index (χ1n) is 12.7. The molecule has 3 aromatic rings. The van der Waals surface area contributed by atoms with E-state index in [9.17, 15) is 9.90 Å². The first kappa shape index (κ1) is 26.8. The SMILES string of the molecule is O=C(NCCO[C@@H]1C[C@H](OCc2ccccc2)C[C@@H](OCc2ccccc2)[C@H]1O)OCc1ccccc1. The van der Waals surface area contributed by atoms with Gasteiger partial charge in [-0.25, -0.2) is 4.79 Å². The highest BCUT2D eigenvalue weighted by atomic mass is 16.6. The maximum absolute atomic E-state index is 12.0. The Morgan fingerprint density at radius 3 is 1.76 bits per heavy atom.